The van der Waals surface area contributed by atoms with Crippen LogP contribution in [0.25, 0.3) is 0 Å². The van der Waals surface area contributed by atoms with E-state index in [-0.39, 0.29) is 0 Å². The van der Waals surface area contributed by atoms with Gasteiger partial charge in [-0.05, 0) is 31.7 Å². The smallest absolute Gasteiger partial charge is 0.0195 e. The van der Waals surface area contributed by atoms with Crippen LogP contribution in [0.1, 0.15) is 53.9 Å². The van der Waals surface area contributed by atoms with Crippen molar-refractivity contribution in [2.45, 2.75) is 53.9 Å². The lowest BCUT2D eigenvalue weighted by molar-refractivity contribution is 0.404. The van der Waals surface area contributed by atoms with Gasteiger partial charge in [0.2, 0.25) is 0 Å². The summed E-state index contributed by atoms with van der Waals surface area (Å²) in [7, 11) is 1.50. The van der Waals surface area contributed by atoms with E-state index in [9.17, 15) is 0 Å². The molecular formula is C14H29N. The molecule has 1 aliphatic rings. The molecule has 1 aliphatic carbocycles. The summed E-state index contributed by atoms with van der Waals surface area (Å²) < 4.78 is 0. The SMILES string of the molecule is CC.CC(C)(C)CC1=CC=CCC1.CN. The molecule has 0 aliphatic heterocycles. The zero-order chi connectivity index (χ0) is 12.3. The van der Waals surface area contributed by atoms with Gasteiger partial charge in [-0.1, -0.05) is 58.4 Å². The molecule has 2 N–H and O–H groups in total. The maximum atomic E-state index is 4.50. The summed E-state index contributed by atoms with van der Waals surface area (Å²) in [4.78, 5) is 0. The summed E-state index contributed by atoms with van der Waals surface area (Å²) in [5, 5.41) is 0. The number of nitrogens with two attached hydrogens (primary N) is 1. The lowest BCUT2D eigenvalue weighted by Gasteiger charge is -2.21. The standard InChI is InChI=1S/C11H18.C2H6.CH5N/c1-11(2,3)9-10-7-5-4-6-8-10;2*1-2/h4-5,7H,6,8-9H2,1-3H3;1-2H3;2H2,1H3. The van der Waals surface area contributed by atoms with E-state index in [0.29, 0.717) is 5.41 Å². The molecule has 0 spiro atoms. The summed E-state index contributed by atoms with van der Waals surface area (Å²) in [6.45, 7) is 10.9. The summed E-state index contributed by atoms with van der Waals surface area (Å²) in [5.74, 6) is 0. The van der Waals surface area contributed by atoms with Gasteiger partial charge in [0, 0.05) is 0 Å². The molecule has 0 aromatic heterocycles. The van der Waals surface area contributed by atoms with Gasteiger partial charge in [-0.3, -0.25) is 0 Å². The van der Waals surface area contributed by atoms with Crippen molar-refractivity contribution < 1.29 is 0 Å². The third-order valence-electron chi connectivity index (χ3n) is 1.86. The molecule has 0 aromatic rings. The minimum absolute atomic E-state index is 0.455. The first-order valence-corrected chi connectivity index (χ1v) is 6.00. The molecule has 0 unspecified atom stereocenters. The lowest BCUT2D eigenvalue weighted by atomic mass is 9.85. The largest absolute Gasteiger partial charge is 0.333 e. The molecule has 0 amide bonds. The van der Waals surface area contributed by atoms with Gasteiger partial charge >= 0.3 is 0 Å². The molecule has 1 rings (SSSR count). The van der Waals surface area contributed by atoms with Crippen LogP contribution < -0.4 is 5.73 Å². The first-order valence-electron chi connectivity index (χ1n) is 6.00. The van der Waals surface area contributed by atoms with Crippen molar-refractivity contribution >= 4 is 0 Å². The highest BCUT2D eigenvalue weighted by Gasteiger charge is 2.12. The second kappa shape index (κ2) is 9.97. The van der Waals surface area contributed by atoms with Crippen molar-refractivity contribution in [1.82, 2.24) is 0 Å². The molecule has 90 valence electrons. The highest BCUT2D eigenvalue weighted by molar-refractivity contribution is 5.18. The van der Waals surface area contributed by atoms with E-state index in [1.54, 1.807) is 5.57 Å². The molecule has 0 bridgehead atoms. The molecule has 0 saturated carbocycles. The zero-order valence-electron chi connectivity index (χ0n) is 11.4. The second-order valence-corrected chi connectivity index (χ2v) is 4.53. The van der Waals surface area contributed by atoms with Crippen LogP contribution in [0.4, 0.5) is 0 Å². The zero-order valence-corrected chi connectivity index (χ0v) is 11.4. The Labute approximate surface area is 96.5 Å². The van der Waals surface area contributed by atoms with E-state index in [1.807, 2.05) is 13.8 Å². The van der Waals surface area contributed by atoms with Crippen LogP contribution in [0, 0.1) is 5.41 Å². The maximum absolute atomic E-state index is 4.50. The van der Waals surface area contributed by atoms with Gasteiger partial charge in [0.1, 0.15) is 0 Å². The van der Waals surface area contributed by atoms with E-state index in [2.05, 4.69) is 44.7 Å². The van der Waals surface area contributed by atoms with Gasteiger partial charge in [0.15, 0.2) is 0 Å². The molecule has 15 heavy (non-hydrogen) atoms. The van der Waals surface area contributed by atoms with Gasteiger partial charge in [-0.2, -0.15) is 0 Å². The minimum Gasteiger partial charge on any atom is -0.333 e. The quantitative estimate of drug-likeness (QED) is 0.687. The van der Waals surface area contributed by atoms with Crippen LogP contribution in [0.15, 0.2) is 23.8 Å². The van der Waals surface area contributed by atoms with Gasteiger partial charge in [0.25, 0.3) is 0 Å². The molecule has 1 nitrogen and oxygen atoms in total. The lowest BCUT2D eigenvalue weighted by Crippen LogP contribution is -2.06. The van der Waals surface area contributed by atoms with Gasteiger partial charge in [-0.15, -0.1) is 0 Å². The Hall–Kier alpha value is -0.560. The Morgan fingerprint density at radius 2 is 1.73 bits per heavy atom. The fraction of sp³-hybridized carbons (Fsp3) is 0.714. The van der Waals surface area contributed by atoms with E-state index < -0.39 is 0 Å². The van der Waals surface area contributed by atoms with Gasteiger partial charge < -0.3 is 5.73 Å². The number of hydrogen-bond donors (Lipinski definition) is 1. The number of rotatable bonds is 1. The normalized spacial score (nSPS) is 14.2. The Morgan fingerprint density at radius 1 is 1.20 bits per heavy atom. The van der Waals surface area contributed by atoms with Crippen molar-refractivity contribution in [1.29, 1.82) is 0 Å². The topological polar surface area (TPSA) is 26.0 Å². The van der Waals surface area contributed by atoms with Crippen LogP contribution in [0.2, 0.25) is 0 Å². The fourth-order valence-corrected chi connectivity index (χ4v) is 1.48. The summed E-state index contributed by atoms with van der Waals surface area (Å²) >= 11 is 0. The van der Waals surface area contributed by atoms with Gasteiger partial charge in [-0.25, -0.2) is 0 Å². The molecular weight excluding hydrogens is 182 g/mol. The van der Waals surface area contributed by atoms with E-state index in [0.717, 1.165) is 0 Å². The third kappa shape index (κ3) is 11.4. The Morgan fingerprint density at radius 3 is 2.07 bits per heavy atom. The van der Waals surface area contributed by atoms with Crippen LogP contribution in [0.5, 0.6) is 0 Å². The molecule has 0 radical (unpaired) electrons. The predicted molar refractivity (Wildman–Crippen MR) is 72.0 cm³/mol. The average Bonchev–Trinajstić information content (AvgIpc) is 2.23. The molecule has 0 fully saturated rings. The number of allylic oxidation sites excluding steroid dienone is 4. The van der Waals surface area contributed by atoms with Crippen molar-refractivity contribution in [3.8, 4) is 0 Å². The van der Waals surface area contributed by atoms with E-state index >= 15 is 0 Å². The van der Waals surface area contributed by atoms with Gasteiger partial charge in [0.05, 0.1) is 0 Å². The highest BCUT2D eigenvalue weighted by atomic mass is 14.4. The maximum Gasteiger partial charge on any atom is -0.0195 e. The minimum atomic E-state index is 0.455. The first-order chi connectivity index (χ1) is 7.08. The van der Waals surface area contributed by atoms with Crippen LogP contribution in [-0.4, -0.2) is 7.05 Å². The number of hydrogen-bond acceptors (Lipinski definition) is 1. The predicted octanol–water partition coefficient (Wildman–Crippen LogP) is 4.30. The van der Waals surface area contributed by atoms with Crippen LogP contribution in [-0.2, 0) is 0 Å². The summed E-state index contributed by atoms with van der Waals surface area (Å²) in [6, 6.07) is 0. The monoisotopic (exact) mass is 211 g/mol. The Bertz CT molecular complexity index is 182. The Balaban J connectivity index is 0. The van der Waals surface area contributed by atoms with E-state index in [4.69, 9.17) is 0 Å². The van der Waals surface area contributed by atoms with Crippen LogP contribution >= 0.6 is 0 Å². The van der Waals surface area contributed by atoms with Crippen LogP contribution in [0.3, 0.4) is 0 Å². The fourth-order valence-electron chi connectivity index (χ4n) is 1.48. The Kier molecular flexibility index (Phi) is 11.2. The van der Waals surface area contributed by atoms with E-state index in [1.165, 1.54) is 26.3 Å². The highest BCUT2D eigenvalue weighted by Crippen LogP contribution is 2.27. The molecule has 1 heteroatoms. The van der Waals surface area contributed by atoms with Crippen molar-refractivity contribution in [3.63, 3.8) is 0 Å². The first kappa shape index (κ1) is 16.9. The molecule has 0 saturated heterocycles. The molecule has 0 aromatic carbocycles. The summed E-state index contributed by atoms with van der Waals surface area (Å²) in [5.41, 5.74) is 6.57. The molecule has 0 atom stereocenters. The van der Waals surface area contributed by atoms with Crippen molar-refractivity contribution in [2.75, 3.05) is 7.05 Å². The summed E-state index contributed by atoms with van der Waals surface area (Å²) in [6.07, 6.45) is 10.5. The average molecular weight is 211 g/mol. The van der Waals surface area contributed by atoms with Crippen molar-refractivity contribution in [2.24, 2.45) is 11.1 Å². The van der Waals surface area contributed by atoms with Crippen molar-refractivity contribution in [3.05, 3.63) is 23.8 Å². The second-order valence-electron chi connectivity index (χ2n) is 4.53. The molecule has 0 heterocycles. The third-order valence-corrected chi connectivity index (χ3v) is 1.86.